The Bertz CT molecular complexity index is 1390. The van der Waals surface area contributed by atoms with Crippen molar-refractivity contribution in [1.29, 1.82) is 0 Å². The number of benzene rings is 1. The number of anilines is 1. The van der Waals surface area contributed by atoms with Crippen LogP contribution in [0, 0.1) is 5.41 Å². The van der Waals surface area contributed by atoms with Crippen molar-refractivity contribution in [3.63, 3.8) is 0 Å². The normalized spacial score (nSPS) is 21.1. The van der Waals surface area contributed by atoms with Gasteiger partial charge >= 0.3 is 6.18 Å². The lowest BCUT2D eigenvalue weighted by Crippen LogP contribution is -2.31. The molecular formula is C26H31F3N4O2S2. The predicted octanol–water partition coefficient (Wildman–Crippen LogP) is 5.01. The van der Waals surface area contributed by atoms with Gasteiger partial charge in [-0.25, -0.2) is 18.4 Å². The van der Waals surface area contributed by atoms with Gasteiger partial charge in [0.25, 0.3) is 0 Å². The summed E-state index contributed by atoms with van der Waals surface area (Å²) < 4.78 is 62.2. The van der Waals surface area contributed by atoms with E-state index in [9.17, 15) is 21.6 Å². The van der Waals surface area contributed by atoms with Crippen LogP contribution in [-0.4, -0.2) is 61.9 Å². The first-order valence-corrected chi connectivity index (χ1v) is 15.4. The first-order chi connectivity index (χ1) is 17.4. The van der Waals surface area contributed by atoms with Gasteiger partial charge in [-0.3, -0.25) is 4.90 Å². The number of fused-ring (bicyclic) bond motifs is 1. The van der Waals surface area contributed by atoms with Gasteiger partial charge in [-0.15, -0.1) is 11.3 Å². The molecule has 3 aromatic rings. The van der Waals surface area contributed by atoms with E-state index < -0.39 is 22.4 Å². The topological polar surface area (TPSA) is 66.4 Å². The summed E-state index contributed by atoms with van der Waals surface area (Å²) in [6.07, 6.45) is -1.24. The molecular weight excluding hydrogens is 521 g/mol. The third kappa shape index (κ3) is 6.26. The lowest BCUT2D eigenvalue weighted by Gasteiger charge is -2.25. The first kappa shape index (κ1) is 26.4. The molecule has 37 heavy (non-hydrogen) atoms. The highest BCUT2D eigenvalue weighted by Crippen LogP contribution is 2.43. The van der Waals surface area contributed by atoms with E-state index >= 15 is 0 Å². The number of aryl methyl sites for hydroxylation is 1. The van der Waals surface area contributed by atoms with Crippen LogP contribution in [0.15, 0.2) is 30.3 Å². The average Bonchev–Trinajstić information content (AvgIpc) is 3.51. The summed E-state index contributed by atoms with van der Waals surface area (Å²) in [7, 11) is -3.05. The molecule has 1 aromatic carbocycles. The van der Waals surface area contributed by atoms with Crippen molar-refractivity contribution in [2.45, 2.75) is 51.1 Å². The third-order valence-electron chi connectivity index (χ3n) is 7.27. The Morgan fingerprint density at radius 2 is 1.76 bits per heavy atom. The van der Waals surface area contributed by atoms with Crippen LogP contribution in [0.25, 0.3) is 10.2 Å². The van der Waals surface area contributed by atoms with Crippen LogP contribution < -0.4 is 4.90 Å². The molecule has 6 nitrogen and oxygen atoms in total. The maximum absolute atomic E-state index is 13.0. The Balaban J connectivity index is 1.29. The van der Waals surface area contributed by atoms with Crippen LogP contribution in [0.4, 0.5) is 19.0 Å². The zero-order valence-corrected chi connectivity index (χ0v) is 22.6. The van der Waals surface area contributed by atoms with E-state index in [2.05, 4.69) is 14.8 Å². The fourth-order valence-electron chi connectivity index (χ4n) is 5.60. The van der Waals surface area contributed by atoms with Crippen LogP contribution in [0.2, 0.25) is 0 Å². The monoisotopic (exact) mass is 552 g/mol. The van der Waals surface area contributed by atoms with Crippen LogP contribution in [-0.2, 0) is 35.0 Å². The quantitative estimate of drug-likeness (QED) is 0.411. The van der Waals surface area contributed by atoms with Gasteiger partial charge in [0.2, 0.25) is 0 Å². The first-order valence-electron chi connectivity index (χ1n) is 12.5. The number of hydrogen-bond donors (Lipinski definition) is 0. The molecule has 2 aliphatic rings. The molecule has 2 fully saturated rings. The molecule has 0 saturated carbocycles. The van der Waals surface area contributed by atoms with Gasteiger partial charge in [0.05, 0.1) is 17.6 Å². The van der Waals surface area contributed by atoms with Gasteiger partial charge in [0.15, 0.2) is 9.84 Å². The smallest absolute Gasteiger partial charge is 0.355 e. The van der Waals surface area contributed by atoms with E-state index in [1.165, 1.54) is 6.26 Å². The van der Waals surface area contributed by atoms with E-state index in [0.717, 1.165) is 79.2 Å². The zero-order chi connectivity index (χ0) is 26.4. The summed E-state index contributed by atoms with van der Waals surface area (Å²) in [5, 5.41) is 0.725. The Morgan fingerprint density at radius 1 is 1.05 bits per heavy atom. The second kappa shape index (κ2) is 9.81. The fourth-order valence-corrected chi connectivity index (χ4v) is 7.47. The molecule has 0 N–H and O–H groups in total. The number of thiophene rings is 1. The molecule has 2 aliphatic heterocycles. The second-order valence-electron chi connectivity index (χ2n) is 10.6. The molecule has 0 radical (unpaired) electrons. The maximum Gasteiger partial charge on any atom is 0.393 e. The molecule has 0 bridgehead atoms. The van der Waals surface area contributed by atoms with Gasteiger partial charge in [0.1, 0.15) is 16.5 Å². The van der Waals surface area contributed by atoms with Crippen molar-refractivity contribution < 1.29 is 21.6 Å². The van der Waals surface area contributed by atoms with Crippen molar-refractivity contribution in [2.24, 2.45) is 5.41 Å². The van der Waals surface area contributed by atoms with E-state index in [0.29, 0.717) is 17.1 Å². The van der Waals surface area contributed by atoms with Crippen molar-refractivity contribution >= 4 is 37.2 Å². The van der Waals surface area contributed by atoms with Crippen molar-refractivity contribution in [2.75, 3.05) is 37.3 Å². The molecule has 1 atom stereocenters. The van der Waals surface area contributed by atoms with E-state index in [-0.39, 0.29) is 16.0 Å². The molecule has 0 amide bonds. The highest BCUT2D eigenvalue weighted by molar-refractivity contribution is 7.89. The molecule has 0 aliphatic carbocycles. The number of sulfone groups is 1. The SMILES string of the molecule is CCc1nc(N2CCC3(CCN(Cc4ccc(CS(C)(=O)=O)cc4)C3)C2)c2cc(CC(F)(F)F)sc2n1. The lowest BCUT2D eigenvalue weighted by atomic mass is 9.86. The standard InChI is InChI=1S/C26H31F3N4O2S2/c1-3-22-30-23(21-12-20(13-26(27,28)29)36-24(21)31-22)33-11-9-25(17-33)8-10-32(16-25)14-18-4-6-19(7-5-18)15-37(2,34)35/h4-7,12H,3,8-11,13-17H2,1-2H3. The third-order valence-corrected chi connectivity index (χ3v) is 9.16. The summed E-state index contributed by atoms with van der Waals surface area (Å²) >= 11 is 1.12. The number of nitrogens with zero attached hydrogens (tertiary/aromatic N) is 4. The Labute approximate surface area is 219 Å². The van der Waals surface area contributed by atoms with Gasteiger partial charge in [-0.2, -0.15) is 13.2 Å². The lowest BCUT2D eigenvalue weighted by molar-refractivity contribution is -0.126. The highest BCUT2D eigenvalue weighted by atomic mass is 32.2. The molecule has 1 spiro atoms. The van der Waals surface area contributed by atoms with Gasteiger partial charge in [-0.1, -0.05) is 31.2 Å². The van der Waals surface area contributed by atoms with Crippen molar-refractivity contribution in [1.82, 2.24) is 14.9 Å². The minimum Gasteiger partial charge on any atom is -0.355 e. The van der Waals surface area contributed by atoms with Crippen LogP contribution in [0.5, 0.6) is 0 Å². The minimum absolute atomic E-state index is 0.0494. The predicted molar refractivity (Wildman–Crippen MR) is 141 cm³/mol. The van der Waals surface area contributed by atoms with E-state index in [1.807, 2.05) is 31.2 Å². The molecule has 200 valence electrons. The Hall–Kier alpha value is -2.24. The molecule has 4 heterocycles. The van der Waals surface area contributed by atoms with Gasteiger partial charge < -0.3 is 4.90 Å². The molecule has 11 heteroatoms. The highest BCUT2D eigenvalue weighted by Gasteiger charge is 2.44. The minimum atomic E-state index is -4.25. The molecule has 5 rings (SSSR count). The number of hydrogen-bond acceptors (Lipinski definition) is 7. The summed E-state index contributed by atoms with van der Waals surface area (Å²) in [6.45, 7) is 6.36. The summed E-state index contributed by atoms with van der Waals surface area (Å²) in [5.41, 5.74) is 2.08. The number of halogens is 3. The zero-order valence-electron chi connectivity index (χ0n) is 21.0. The number of alkyl halides is 3. The van der Waals surface area contributed by atoms with E-state index in [1.54, 1.807) is 6.07 Å². The van der Waals surface area contributed by atoms with Crippen molar-refractivity contribution in [3.8, 4) is 0 Å². The van der Waals surface area contributed by atoms with Crippen molar-refractivity contribution in [3.05, 3.63) is 52.2 Å². The summed E-state index contributed by atoms with van der Waals surface area (Å²) in [5.74, 6) is 1.48. The Kier molecular flexibility index (Phi) is 6.99. The summed E-state index contributed by atoms with van der Waals surface area (Å²) in [6, 6.07) is 9.41. The molecule has 1 unspecified atom stereocenters. The van der Waals surface area contributed by atoms with Crippen LogP contribution in [0.3, 0.4) is 0 Å². The van der Waals surface area contributed by atoms with E-state index in [4.69, 9.17) is 4.98 Å². The van der Waals surface area contributed by atoms with Crippen LogP contribution >= 0.6 is 11.3 Å². The largest absolute Gasteiger partial charge is 0.393 e. The molecule has 2 aromatic heterocycles. The van der Waals surface area contributed by atoms with Crippen LogP contribution in [0.1, 0.15) is 41.6 Å². The number of aromatic nitrogens is 2. The maximum atomic E-state index is 13.0. The van der Waals surface area contributed by atoms with Gasteiger partial charge in [0, 0.05) is 49.1 Å². The number of rotatable bonds is 7. The second-order valence-corrected chi connectivity index (χ2v) is 13.8. The fraction of sp³-hybridized carbons (Fsp3) is 0.538. The Morgan fingerprint density at radius 3 is 2.43 bits per heavy atom. The molecule has 2 saturated heterocycles. The average molecular weight is 553 g/mol. The number of likely N-dealkylation sites (tertiary alicyclic amines) is 1. The summed E-state index contributed by atoms with van der Waals surface area (Å²) in [4.78, 5) is 14.9. The van der Waals surface area contributed by atoms with Gasteiger partial charge in [-0.05, 0) is 36.6 Å².